The zero-order valence-corrected chi connectivity index (χ0v) is 12.5. The third kappa shape index (κ3) is 4.32. The topological polar surface area (TPSA) is 44.4 Å². The van der Waals surface area contributed by atoms with E-state index in [-0.39, 0.29) is 11.8 Å². The van der Waals surface area contributed by atoms with E-state index in [1.807, 2.05) is 26.1 Å². The highest BCUT2D eigenvalue weighted by molar-refractivity contribution is 5.92. The fourth-order valence-electron chi connectivity index (χ4n) is 2.61. The highest BCUT2D eigenvalue weighted by Gasteiger charge is 2.14. The van der Waals surface area contributed by atoms with E-state index in [0.29, 0.717) is 6.54 Å². The summed E-state index contributed by atoms with van der Waals surface area (Å²) in [6.45, 7) is 5.99. The van der Waals surface area contributed by atoms with Gasteiger partial charge in [-0.1, -0.05) is 19.1 Å². The van der Waals surface area contributed by atoms with Crippen LogP contribution in [0.4, 0.5) is 5.69 Å². The van der Waals surface area contributed by atoms with Crippen LogP contribution in [0.15, 0.2) is 24.3 Å². The molecule has 1 aliphatic rings. The standard InChI is InChI=1S/C16H25N3O/c1-13(11-17-2)16(20)18-15-7-5-6-14(10-15)12-19-8-3-4-9-19/h5-7,10,13,17H,3-4,8-9,11-12H2,1-2H3,(H,18,20). The molecule has 1 amide bonds. The Balaban J connectivity index is 1.93. The Morgan fingerprint density at radius 3 is 2.80 bits per heavy atom. The lowest BCUT2D eigenvalue weighted by molar-refractivity contribution is -0.119. The second-order valence-corrected chi connectivity index (χ2v) is 5.63. The van der Waals surface area contributed by atoms with Crippen molar-refractivity contribution in [1.29, 1.82) is 0 Å². The minimum Gasteiger partial charge on any atom is -0.326 e. The van der Waals surface area contributed by atoms with Gasteiger partial charge in [0.25, 0.3) is 0 Å². The number of carbonyl (C=O) groups is 1. The molecule has 2 N–H and O–H groups in total. The largest absolute Gasteiger partial charge is 0.326 e. The Morgan fingerprint density at radius 1 is 1.35 bits per heavy atom. The van der Waals surface area contributed by atoms with Crippen molar-refractivity contribution in [2.24, 2.45) is 5.92 Å². The zero-order valence-electron chi connectivity index (χ0n) is 12.5. The fraction of sp³-hybridized carbons (Fsp3) is 0.562. The molecule has 4 heteroatoms. The van der Waals surface area contributed by atoms with Crippen molar-refractivity contribution in [3.05, 3.63) is 29.8 Å². The lowest BCUT2D eigenvalue weighted by atomic mass is 10.1. The van der Waals surface area contributed by atoms with E-state index >= 15 is 0 Å². The number of rotatable bonds is 6. The summed E-state index contributed by atoms with van der Waals surface area (Å²) >= 11 is 0. The summed E-state index contributed by atoms with van der Waals surface area (Å²) in [6.07, 6.45) is 2.61. The molecule has 110 valence electrons. The molecule has 1 atom stereocenters. The van der Waals surface area contributed by atoms with Gasteiger partial charge >= 0.3 is 0 Å². The number of hydrogen-bond acceptors (Lipinski definition) is 3. The molecule has 0 bridgehead atoms. The lowest BCUT2D eigenvalue weighted by Gasteiger charge is -2.16. The molecule has 1 aromatic carbocycles. The van der Waals surface area contributed by atoms with Gasteiger partial charge in [0.2, 0.25) is 5.91 Å². The lowest BCUT2D eigenvalue weighted by Crippen LogP contribution is -2.28. The highest BCUT2D eigenvalue weighted by Crippen LogP contribution is 2.16. The summed E-state index contributed by atoms with van der Waals surface area (Å²) in [5.74, 6) is 0.0416. The summed E-state index contributed by atoms with van der Waals surface area (Å²) in [7, 11) is 1.86. The molecule has 20 heavy (non-hydrogen) atoms. The van der Waals surface area contributed by atoms with Gasteiger partial charge in [0.1, 0.15) is 0 Å². The van der Waals surface area contributed by atoms with Gasteiger partial charge in [-0.3, -0.25) is 9.69 Å². The third-order valence-electron chi connectivity index (χ3n) is 3.76. The highest BCUT2D eigenvalue weighted by atomic mass is 16.1. The fourth-order valence-corrected chi connectivity index (χ4v) is 2.61. The normalized spacial score (nSPS) is 17.1. The Kier molecular flexibility index (Phi) is 5.56. The zero-order chi connectivity index (χ0) is 14.4. The number of nitrogens with zero attached hydrogens (tertiary/aromatic N) is 1. The maximum Gasteiger partial charge on any atom is 0.228 e. The van der Waals surface area contributed by atoms with Crippen molar-refractivity contribution in [2.75, 3.05) is 32.0 Å². The number of benzene rings is 1. The molecule has 1 unspecified atom stereocenters. The maximum atomic E-state index is 12.0. The van der Waals surface area contributed by atoms with Crippen molar-refractivity contribution < 1.29 is 4.79 Å². The molecular weight excluding hydrogens is 250 g/mol. The molecule has 0 radical (unpaired) electrons. The molecule has 0 aliphatic carbocycles. The predicted molar refractivity (Wildman–Crippen MR) is 82.7 cm³/mol. The first-order valence-electron chi connectivity index (χ1n) is 7.46. The van der Waals surface area contributed by atoms with Gasteiger partial charge in [-0.15, -0.1) is 0 Å². The monoisotopic (exact) mass is 275 g/mol. The van der Waals surface area contributed by atoms with Crippen LogP contribution in [0.25, 0.3) is 0 Å². The van der Waals surface area contributed by atoms with Crippen LogP contribution in [0.3, 0.4) is 0 Å². The first-order valence-corrected chi connectivity index (χ1v) is 7.46. The van der Waals surface area contributed by atoms with Crippen molar-refractivity contribution in [3.8, 4) is 0 Å². The van der Waals surface area contributed by atoms with E-state index in [9.17, 15) is 4.79 Å². The summed E-state index contributed by atoms with van der Waals surface area (Å²) in [4.78, 5) is 14.5. The average molecular weight is 275 g/mol. The summed E-state index contributed by atoms with van der Waals surface area (Å²) in [5, 5.41) is 6.02. The van der Waals surface area contributed by atoms with Crippen LogP contribution >= 0.6 is 0 Å². The number of amides is 1. The van der Waals surface area contributed by atoms with Crippen LogP contribution in [0, 0.1) is 5.92 Å². The van der Waals surface area contributed by atoms with E-state index in [1.54, 1.807) is 0 Å². The van der Waals surface area contributed by atoms with Crippen molar-refractivity contribution in [2.45, 2.75) is 26.3 Å². The van der Waals surface area contributed by atoms with Crippen LogP contribution < -0.4 is 10.6 Å². The molecular formula is C16H25N3O. The number of likely N-dealkylation sites (tertiary alicyclic amines) is 1. The van der Waals surface area contributed by atoms with Crippen LogP contribution in [-0.4, -0.2) is 37.5 Å². The van der Waals surface area contributed by atoms with Gasteiger partial charge < -0.3 is 10.6 Å². The molecule has 4 nitrogen and oxygen atoms in total. The molecule has 0 aromatic heterocycles. The molecule has 1 aromatic rings. The number of hydrogen-bond donors (Lipinski definition) is 2. The molecule has 2 rings (SSSR count). The van der Waals surface area contributed by atoms with Crippen molar-refractivity contribution in [3.63, 3.8) is 0 Å². The van der Waals surface area contributed by atoms with Gasteiger partial charge in [-0.25, -0.2) is 0 Å². The Bertz CT molecular complexity index is 441. The van der Waals surface area contributed by atoms with Gasteiger partial charge in [0.05, 0.1) is 0 Å². The smallest absolute Gasteiger partial charge is 0.228 e. The minimum atomic E-state index is -0.0257. The predicted octanol–water partition coefficient (Wildman–Crippen LogP) is 2.08. The van der Waals surface area contributed by atoms with E-state index in [1.165, 1.54) is 31.5 Å². The number of carbonyl (C=O) groups excluding carboxylic acids is 1. The van der Waals surface area contributed by atoms with Crippen LogP contribution in [0.1, 0.15) is 25.3 Å². The summed E-state index contributed by atoms with van der Waals surface area (Å²) in [6, 6.07) is 8.19. The number of anilines is 1. The molecule has 0 spiro atoms. The minimum absolute atomic E-state index is 0.0257. The first kappa shape index (κ1) is 15.0. The average Bonchev–Trinajstić information content (AvgIpc) is 2.92. The Labute approximate surface area is 121 Å². The van der Waals surface area contributed by atoms with Gasteiger partial charge in [-0.05, 0) is 50.7 Å². The van der Waals surface area contributed by atoms with Crippen molar-refractivity contribution >= 4 is 11.6 Å². The van der Waals surface area contributed by atoms with Gasteiger partial charge in [-0.2, -0.15) is 0 Å². The Morgan fingerprint density at radius 2 is 2.10 bits per heavy atom. The first-order chi connectivity index (χ1) is 9.69. The molecule has 1 heterocycles. The summed E-state index contributed by atoms with van der Waals surface area (Å²) in [5.41, 5.74) is 2.17. The molecule has 1 saturated heterocycles. The molecule has 1 aliphatic heterocycles. The quantitative estimate of drug-likeness (QED) is 0.835. The van der Waals surface area contributed by atoms with Crippen LogP contribution in [0.5, 0.6) is 0 Å². The van der Waals surface area contributed by atoms with Crippen LogP contribution in [0.2, 0.25) is 0 Å². The third-order valence-corrected chi connectivity index (χ3v) is 3.76. The van der Waals surface area contributed by atoms with E-state index in [0.717, 1.165) is 12.2 Å². The van der Waals surface area contributed by atoms with E-state index in [2.05, 4.69) is 27.7 Å². The molecule has 0 saturated carbocycles. The molecule has 1 fully saturated rings. The maximum absolute atomic E-state index is 12.0. The number of nitrogens with one attached hydrogen (secondary N) is 2. The van der Waals surface area contributed by atoms with Gasteiger partial charge in [0.15, 0.2) is 0 Å². The SMILES string of the molecule is CNCC(C)C(=O)Nc1cccc(CN2CCCC2)c1. The summed E-state index contributed by atoms with van der Waals surface area (Å²) < 4.78 is 0. The second-order valence-electron chi connectivity index (χ2n) is 5.63. The van der Waals surface area contributed by atoms with Gasteiger partial charge in [0, 0.05) is 24.7 Å². The van der Waals surface area contributed by atoms with E-state index < -0.39 is 0 Å². The van der Waals surface area contributed by atoms with Crippen LogP contribution in [-0.2, 0) is 11.3 Å². The van der Waals surface area contributed by atoms with E-state index in [4.69, 9.17) is 0 Å². The second kappa shape index (κ2) is 7.41. The Hall–Kier alpha value is -1.39. The van der Waals surface area contributed by atoms with Crippen molar-refractivity contribution in [1.82, 2.24) is 10.2 Å².